The number of amides is 2. The van der Waals surface area contributed by atoms with Gasteiger partial charge in [-0.25, -0.2) is 0 Å². The highest BCUT2D eigenvalue weighted by Crippen LogP contribution is 2.34. The van der Waals surface area contributed by atoms with E-state index in [1.807, 2.05) is 0 Å². The van der Waals surface area contributed by atoms with Crippen LogP contribution in [0.3, 0.4) is 0 Å². The summed E-state index contributed by atoms with van der Waals surface area (Å²) in [5.41, 5.74) is 11.0. The van der Waals surface area contributed by atoms with E-state index in [9.17, 15) is 14.7 Å². The van der Waals surface area contributed by atoms with Crippen molar-refractivity contribution in [3.8, 4) is 0 Å². The molecular weight excluding hydrogens is 234 g/mol. The molecule has 4 atom stereocenters. The average Bonchev–Trinajstić information content (AvgIpc) is 2.93. The van der Waals surface area contributed by atoms with Crippen molar-refractivity contribution >= 4 is 11.8 Å². The third kappa shape index (κ3) is 2.35. The summed E-state index contributed by atoms with van der Waals surface area (Å²) in [6, 6.07) is -0.661. The molecule has 5 N–H and O–H groups in total. The van der Waals surface area contributed by atoms with Crippen LogP contribution in [0, 0.1) is 11.8 Å². The number of primary amides is 1. The second-order valence-corrected chi connectivity index (χ2v) is 5.33. The first-order valence-electron chi connectivity index (χ1n) is 6.52. The predicted molar refractivity (Wildman–Crippen MR) is 65.2 cm³/mol. The first kappa shape index (κ1) is 13.3. The molecule has 2 aliphatic rings. The number of rotatable bonds is 3. The SMILES string of the molecule is NCC1CCCC1C(=O)N1CC(O)CC1C(N)=O. The van der Waals surface area contributed by atoms with Crippen molar-refractivity contribution in [3.05, 3.63) is 0 Å². The fourth-order valence-electron chi connectivity index (χ4n) is 3.18. The second kappa shape index (κ2) is 5.24. The minimum atomic E-state index is -0.661. The molecule has 1 aliphatic carbocycles. The van der Waals surface area contributed by atoms with E-state index < -0.39 is 18.1 Å². The quantitative estimate of drug-likeness (QED) is 0.589. The minimum Gasteiger partial charge on any atom is -0.391 e. The number of nitrogens with zero attached hydrogens (tertiary/aromatic N) is 1. The Labute approximate surface area is 106 Å². The van der Waals surface area contributed by atoms with Crippen molar-refractivity contribution in [2.75, 3.05) is 13.1 Å². The molecule has 6 nitrogen and oxygen atoms in total. The number of β-amino-alcohol motifs (C(OH)–C–C–N with tert-alkyl or cyclic N) is 1. The Bertz CT molecular complexity index is 347. The zero-order valence-electron chi connectivity index (χ0n) is 10.4. The normalized spacial score (nSPS) is 36.0. The Morgan fingerprint density at radius 2 is 2.06 bits per heavy atom. The van der Waals surface area contributed by atoms with Crippen LogP contribution in [0.25, 0.3) is 0 Å². The van der Waals surface area contributed by atoms with Gasteiger partial charge < -0.3 is 21.5 Å². The maximum atomic E-state index is 12.4. The van der Waals surface area contributed by atoms with Crippen LogP contribution in [0.2, 0.25) is 0 Å². The van der Waals surface area contributed by atoms with Gasteiger partial charge in [-0.2, -0.15) is 0 Å². The molecule has 2 rings (SSSR count). The maximum Gasteiger partial charge on any atom is 0.240 e. The van der Waals surface area contributed by atoms with E-state index in [1.165, 1.54) is 4.90 Å². The van der Waals surface area contributed by atoms with Crippen LogP contribution in [0.1, 0.15) is 25.7 Å². The highest BCUT2D eigenvalue weighted by molar-refractivity contribution is 5.88. The smallest absolute Gasteiger partial charge is 0.240 e. The van der Waals surface area contributed by atoms with Crippen LogP contribution in [0.5, 0.6) is 0 Å². The third-order valence-electron chi connectivity index (χ3n) is 4.17. The van der Waals surface area contributed by atoms with Crippen LogP contribution in [-0.4, -0.2) is 47.1 Å². The van der Waals surface area contributed by atoms with Gasteiger partial charge in [0, 0.05) is 18.9 Å². The minimum absolute atomic E-state index is 0.0664. The van der Waals surface area contributed by atoms with Gasteiger partial charge in [-0.1, -0.05) is 6.42 Å². The van der Waals surface area contributed by atoms with Crippen molar-refractivity contribution in [1.29, 1.82) is 0 Å². The lowest BCUT2D eigenvalue weighted by molar-refractivity contribution is -0.141. The maximum absolute atomic E-state index is 12.4. The number of likely N-dealkylation sites (tertiary alicyclic amines) is 1. The van der Waals surface area contributed by atoms with Gasteiger partial charge in [0.2, 0.25) is 11.8 Å². The molecule has 102 valence electrons. The second-order valence-electron chi connectivity index (χ2n) is 5.33. The highest BCUT2D eigenvalue weighted by atomic mass is 16.3. The molecule has 1 saturated heterocycles. The summed E-state index contributed by atoms with van der Waals surface area (Å²) in [5, 5.41) is 9.61. The summed E-state index contributed by atoms with van der Waals surface area (Å²) in [6.45, 7) is 0.703. The molecule has 2 fully saturated rings. The number of aliphatic hydroxyl groups is 1. The van der Waals surface area contributed by atoms with Crippen molar-refractivity contribution in [1.82, 2.24) is 4.90 Å². The number of hydrogen-bond donors (Lipinski definition) is 3. The van der Waals surface area contributed by atoms with Crippen LogP contribution in [-0.2, 0) is 9.59 Å². The Morgan fingerprint density at radius 3 is 2.67 bits per heavy atom. The lowest BCUT2D eigenvalue weighted by atomic mass is 9.94. The van der Waals surface area contributed by atoms with Crippen LogP contribution >= 0.6 is 0 Å². The van der Waals surface area contributed by atoms with Crippen LogP contribution in [0.15, 0.2) is 0 Å². The first-order valence-corrected chi connectivity index (χ1v) is 6.52. The molecule has 0 radical (unpaired) electrons. The van der Waals surface area contributed by atoms with Gasteiger partial charge >= 0.3 is 0 Å². The van der Waals surface area contributed by atoms with E-state index in [2.05, 4.69) is 0 Å². The summed E-state index contributed by atoms with van der Waals surface area (Å²) in [4.78, 5) is 25.2. The fourth-order valence-corrected chi connectivity index (χ4v) is 3.18. The van der Waals surface area contributed by atoms with Crippen molar-refractivity contribution in [3.63, 3.8) is 0 Å². The van der Waals surface area contributed by atoms with Gasteiger partial charge in [-0.15, -0.1) is 0 Å². The van der Waals surface area contributed by atoms with Gasteiger partial charge in [-0.3, -0.25) is 9.59 Å². The summed E-state index contributed by atoms with van der Waals surface area (Å²) < 4.78 is 0. The molecule has 2 amide bonds. The summed E-state index contributed by atoms with van der Waals surface area (Å²) in [5.74, 6) is -0.517. The third-order valence-corrected chi connectivity index (χ3v) is 4.17. The molecular formula is C12H21N3O3. The monoisotopic (exact) mass is 255 g/mol. The molecule has 18 heavy (non-hydrogen) atoms. The predicted octanol–water partition coefficient (Wildman–Crippen LogP) is -1.19. The van der Waals surface area contributed by atoms with Crippen molar-refractivity contribution < 1.29 is 14.7 Å². The number of carbonyl (C=O) groups is 2. The molecule has 1 heterocycles. The molecule has 1 saturated carbocycles. The number of nitrogens with two attached hydrogens (primary N) is 2. The summed E-state index contributed by atoms with van der Waals surface area (Å²) >= 11 is 0. The van der Waals surface area contributed by atoms with Crippen LogP contribution in [0.4, 0.5) is 0 Å². The molecule has 0 aromatic carbocycles. The largest absolute Gasteiger partial charge is 0.391 e. The first-order chi connectivity index (χ1) is 8.54. The Kier molecular flexibility index (Phi) is 3.87. The molecule has 0 aromatic rings. The van der Waals surface area contributed by atoms with E-state index in [4.69, 9.17) is 11.5 Å². The van der Waals surface area contributed by atoms with Gasteiger partial charge in [0.05, 0.1) is 6.10 Å². The summed E-state index contributed by atoms with van der Waals surface area (Å²) in [6.07, 6.45) is 2.38. The molecule has 4 unspecified atom stereocenters. The molecule has 1 aliphatic heterocycles. The number of hydrogen-bond acceptors (Lipinski definition) is 4. The highest BCUT2D eigenvalue weighted by Gasteiger charge is 2.42. The zero-order valence-corrected chi connectivity index (χ0v) is 10.4. The Morgan fingerprint density at radius 1 is 1.33 bits per heavy atom. The van der Waals surface area contributed by atoms with E-state index >= 15 is 0 Å². The lowest BCUT2D eigenvalue weighted by Crippen LogP contribution is -2.47. The van der Waals surface area contributed by atoms with Crippen molar-refractivity contribution in [2.45, 2.75) is 37.8 Å². The number of carbonyl (C=O) groups excluding carboxylic acids is 2. The van der Waals surface area contributed by atoms with E-state index in [0.717, 1.165) is 19.3 Å². The Hall–Kier alpha value is -1.14. The van der Waals surface area contributed by atoms with Gasteiger partial charge in [0.1, 0.15) is 6.04 Å². The standard InChI is InChI=1S/C12H21N3O3/c13-5-7-2-1-3-9(7)12(18)15-6-8(16)4-10(15)11(14)17/h7-10,16H,1-6,13H2,(H2,14,17). The molecule has 6 heteroatoms. The Balaban J connectivity index is 2.10. The van der Waals surface area contributed by atoms with Crippen molar-refractivity contribution in [2.24, 2.45) is 23.3 Å². The van der Waals surface area contributed by atoms with Gasteiger partial charge in [0.25, 0.3) is 0 Å². The van der Waals surface area contributed by atoms with E-state index in [-0.39, 0.29) is 30.7 Å². The topological polar surface area (TPSA) is 110 Å². The molecule has 0 aromatic heterocycles. The zero-order chi connectivity index (χ0) is 13.3. The average molecular weight is 255 g/mol. The molecule has 0 bridgehead atoms. The van der Waals surface area contributed by atoms with Crippen LogP contribution < -0.4 is 11.5 Å². The van der Waals surface area contributed by atoms with Gasteiger partial charge in [-0.05, 0) is 25.3 Å². The number of aliphatic hydroxyl groups excluding tert-OH is 1. The van der Waals surface area contributed by atoms with E-state index in [0.29, 0.717) is 6.54 Å². The molecule has 0 spiro atoms. The lowest BCUT2D eigenvalue weighted by Gasteiger charge is -2.27. The van der Waals surface area contributed by atoms with E-state index in [1.54, 1.807) is 0 Å². The summed E-state index contributed by atoms with van der Waals surface area (Å²) in [7, 11) is 0. The van der Waals surface area contributed by atoms with Gasteiger partial charge in [0.15, 0.2) is 0 Å². The fraction of sp³-hybridized carbons (Fsp3) is 0.833.